The van der Waals surface area contributed by atoms with Crippen LogP contribution in [0.3, 0.4) is 0 Å². The first-order valence-corrected chi connectivity index (χ1v) is 6.93. The molecule has 2 nitrogen and oxygen atoms in total. The molecule has 0 aromatic heterocycles. The van der Waals surface area contributed by atoms with E-state index in [-0.39, 0.29) is 11.3 Å². The predicted molar refractivity (Wildman–Crippen MR) is 75.4 cm³/mol. The number of halogens is 1. The first-order chi connectivity index (χ1) is 8.49. The Labute approximate surface area is 114 Å². The molecule has 1 atom stereocenters. The molecule has 0 aliphatic heterocycles. The molecule has 0 spiro atoms. The lowest BCUT2D eigenvalue weighted by molar-refractivity contribution is 0.0952. The summed E-state index contributed by atoms with van der Waals surface area (Å²) in [5.74, 6) is 0.600. The van der Waals surface area contributed by atoms with Gasteiger partial charge in [-0.05, 0) is 50.7 Å². The van der Waals surface area contributed by atoms with Crippen LogP contribution in [0.25, 0.3) is 0 Å². The molecule has 2 rings (SSSR count). The van der Waals surface area contributed by atoms with Crippen molar-refractivity contribution >= 4 is 17.5 Å². The van der Waals surface area contributed by atoms with E-state index >= 15 is 0 Å². The fourth-order valence-electron chi connectivity index (χ4n) is 2.44. The number of aryl methyl sites for hydroxylation is 3. The molecule has 1 amide bonds. The van der Waals surface area contributed by atoms with E-state index in [1.54, 1.807) is 0 Å². The van der Waals surface area contributed by atoms with Gasteiger partial charge in [-0.3, -0.25) is 4.79 Å². The van der Waals surface area contributed by atoms with Crippen molar-refractivity contribution < 1.29 is 4.79 Å². The van der Waals surface area contributed by atoms with E-state index in [9.17, 15) is 4.79 Å². The second-order valence-corrected chi connectivity index (χ2v) is 5.90. The average Bonchev–Trinajstić information content (AvgIpc) is 3.07. The molecule has 0 saturated heterocycles. The monoisotopic (exact) mass is 265 g/mol. The first kappa shape index (κ1) is 13.4. The summed E-state index contributed by atoms with van der Waals surface area (Å²) in [6.07, 6.45) is 2.40. The van der Waals surface area contributed by atoms with Crippen molar-refractivity contribution in [1.82, 2.24) is 5.32 Å². The smallest absolute Gasteiger partial charge is 0.251 e. The molecule has 1 N–H and O–H groups in total. The van der Waals surface area contributed by atoms with Gasteiger partial charge in [0.1, 0.15) is 0 Å². The zero-order valence-electron chi connectivity index (χ0n) is 11.2. The van der Waals surface area contributed by atoms with Gasteiger partial charge in [-0.25, -0.2) is 0 Å². The lowest BCUT2D eigenvalue weighted by Crippen LogP contribution is -2.31. The van der Waals surface area contributed by atoms with Crippen LogP contribution in [0, 0.1) is 26.7 Å². The highest BCUT2D eigenvalue weighted by molar-refractivity contribution is 6.21. The van der Waals surface area contributed by atoms with E-state index < -0.39 is 0 Å². The van der Waals surface area contributed by atoms with Gasteiger partial charge in [0, 0.05) is 12.1 Å². The van der Waals surface area contributed by atoms with Gasteiger partial charge in [0.2, 0.25) is 0 Å². The fraction of sp³-hybridized carbons (Fsp3) is 0.533. The van der Waals surface area contributed by atoms with Crippen LogP contribution in [0.5, 0.6) is 0 Å². The van der Waals surface area contributed by atoms with Crippen molar-refractivity contribution in [3.63, 3.8) is 0 Å². The van der Waals surface area contributed by atoms with Crippen molar-refractivity contribution in [2.75, 3.05) is 6.54 Å². The SMILES string of the molecule is Cc1cc(C)c(C(=O)NCC(Cl)C2CC2)c(C)c1. The number of alkyl halides is 1. The molecule has 1 unspecified atom stereocenters. The highest BCUT2D eigenvalue weighted by atomic mass is 35.5. The molecule has 0 bridgehead atoms. The Balaban J connectivity index is 2.04. The van der Waals surface area contributed by atoms with Crippen LogP contribution >= 0.6 is 11.6 Å². The standard InChI is InChI=1S/C15H20ClNO/c1-9-6-10(2)14(11(3)7-9)15(18)17-8-13(16)12-4-5-12/h6-7,12-13H,4-5,8H2,1-3H3,(H,17,18). The molecule has 1 aliphatic rings. The Morgan fingerprint density at radius 3 is 2.39 bits per heavy atom. The highest BCUT2D eigenvalue weighted by Gasteiger charge is 2.29. The van der Waals surface area contributed by atoms with Crippen LogP contribution in [-0.4, -0.2) is 17.8 Å². The summed E-state index contributed by atoms with van der Waals surface area (Å²) in [5.41, 5.74) is 4.04. The van der Waals surface area contributed by atoms with Crippen molar-refractivity contribution in [3.05, 3.63) is 34.4 Å². The third-order valence-corrected chi connectivity index (χ3v) is 4.01. The summed E-state index contributed by atoms with van der Waals surface area (Å²) in [6, 6.07) is 4.09. The Morgan fingerprint density at radius 1 is 1.33 bits per heavy atom. The number of hydrogen-bond acceptors (Lipinski definition) is 1. The minimum Gasteiger partial charge on any atom is -0.351 e. The summed E-state index contributed by atoms with van der Waals surface area (Å²) in [7, 11) is 0. The van der Waals surface area contributed by atoms with Crippen LogP contribution in [-0.2, 0) is 0 Å². The molecule has 98 valence electrons. The quantitative estimate of drug-likeness (QED) is 0.831. The zero-order chi connectivity index (χ0) is 13.3. The second-order valence-electron chi connectivity index (χ2n) is 5.34. The number of carbonyl (C=O) groups excluding carboxylic acids is 1. The topological polar surface area (TPSA) is 29.1 Å². The number of amides is 1. The number of benzene rings is 1. The summed E-state index contributed by atoms with van der Waals surface area (Å²) in [4.78, 5) is 12.2. The predicted octanol–water partition coefficient (Wildman–Crippen LogP) is 3.36. The third kappa shape index (κ3) is 3.05. The number of rotatable bonds is 4. The minimum atomic E-state index is -0.00343. The van der Waals surface area contributed by atoms with E-state index in [1.165, 1.54) is 18.4 Å². The summed E-state index contributed by atoms with van der Waals surface area (Å²) < 4.78 is 0. The maximum atomic E-state index is 12.2. The molecule has 3 heteroatoms. The van der Waals surface area contributed by atoms with Crippen LogP contribution < -0.4 is 5.32 Å². The van der Waals surface area contributed by atoms with Gasteiger partial charge in [0.15, 0.2) is 0 Å². The van der Waals surface area contributed by atoms with Crippen LogP contribution in [0.4, 0.5) is 0 Å². The largest absolute Gasteiger partial charge is 0.351 e. The van der Waals surface area contributed by atoms with Crippen molar-refractivity contribution in [2.24, 2.45) is 5.92 Å². The summed E-state index contributed by atoms with van der Waals surface area (Å²) >= 11 is 6.20. The Hall–Kier alpha value is -1.02. The highest BCUT2D eigenvalue weighted by Crippen LogP contribution is 2.35. The van der Waals surface area contributed by atoms with E-state index in [4.69, 9.17) is 11.6 Å². The van der Waals surface area contributed by atoms with Crippen molar-refractivity contribution in [2.45, 2.75) is 39.0 Å². The van der Waals surface area contributed by atoms with Gasteiger partial charge in [0.25, 0.3) is 5.91 Å². The van der Waals surface area contributed by atoms with Gasteiger partial charge < -0.3 is 5.32 Å². The van der Waals surface area contributed by atoms with Crippen molar-refractivity contribution in [1.29, 1.82) is 0 Å². The van der Waals surface area contributed by atoms with Crippen LogP contribution in [0.15, 0.2) is 12.1 Å². The molecule has 0 radical (unpaired) electrons. The molecule has 1 fully saturated rings. The Morgan fingerprint density at radius 2 is 1.89 bits per heavy atom. The molecule has 18 heavy (non-hydrogen) atoms. The number of carbonyl (C=O) groups is 1. The molecular weight excluding hydrogens is 246 g/mol. The molecule has 1 aliphatic carbocycles. The van der Waals surface area contributed by atoms with Crippen LogP contribution in [0.2, 0.25) is 0 Å². The summed E-state index contributed by atoms with van der Waals surface area (Å²) in [5, 5.41) is 3.03. The van der Waals surface area contributed by atoms with Gasteiger partial charge in [-0.15, -0.1) is 11.6 Å². The molecule has 1 aromatic carbocycles. The molecule has 0 heterocycles. The summed E-state index contributed by atoms with van der Waals surface area (Å²) in [6.45, 7) is 6.57. The van der Waals surface area contributed by atoms with Gasteiger partial charge in [-0.1, -0.05) is 17.7 Å². The van der Waals surface area contributed by atoms with Gasteiger partial charge in [-0.2, -0.15) is 0 Å². The van der Waals surface area contributed by atoms with Crippen LogP contribution in [0.1, 0.15) is 39.9 Å². The lowest BCUT2D eigenvalue weighted by atomic mass is 9.99. The maximum Gasteiger partial charge on any atom is 0.251 e. The fourth-order valence-corrected chi connectivity index (χ4v) is 2.77. The lowest BCUT2D eigenvalue weighted by Gasteiger charge is -2.13. The van der Waals surface area contributed by atoms with Crippen molar-refractivity contribution in [3.8, 4) is 0 Å². The van der Waals surface area contributed by atoms with Gasteiger partial charge >= 0.3 is 0 Å². The normalized spacial score (nSPS) is 16.4. The number of hydrogen-bond donors (Lipinski definition) is 1. The van der Waals surface area contributed by atoms with E-state index in [0.717, 1.165) is 16.7 Å². The second kappa shape index (κ2) is 5.31. The number of nitrogens with one attached hydrogen (secondary N) is 1. The maximum absolute atomic E-state index is 12.2. The van der Waals surface area contributed by atoms with E-state index in [1.807, 2.05) is 32.9 Å². The van der Waals surface area contributed by atoms with Gasteiger partial charge in [0.05, 0.1) is 5.38 Å². The zero-order valence-corrected chi connectivity index (χ0v) is 12.0. The molecule has 1 saturated carbocycles. The van der Waals surface area contributed by atoms with E-state index in [0.29, 0.717) is 12.5 Å². The molecule has 1 aromatic rings. The molecular formula is C15H20ClNO. The average molecular weight is 266 g/mol. The first-order valence-electron chi connectivity index (χ1n) is 6.49. The Bertz CT molecular complexity index is 443. The van der Waals surface area contributed by atoms with E-state index in [2.05, 4.69) is 5.32 Å². The third-order valence-electron chi connectivity index (χ3n) is 3.50. The minimum absolute atomic E-state index is 0.00343. The Kier molecular flexibility index (Phi) is 3.96.